The van der Waals surface area contributed by atoms with Gasteiger partial charge in [0.25, 0.3) is 0 Å². The van der Waals surface area contributed by atoms with Crippen LogP contribution in [-0.2, 0) is 0 Å². The first kappa shape index (κ1) is 11.8. The van der Waals surface area contributed by atoms with Crippen LogP contribution in [0.25, 0.3) is 0 Å². The summed E-state index contributed by atoms with van der Waals surface area (Å²) < 4.78 is 53.6. The molecule has 3 rings (SSSR count). The minimum absolute atomic E-state index is 0.0202. The maximum atomic E-state index is 14.0. The van der Waals surface area contributed by atoms with E-state index < -0.39 is 35.9 Å². The molecule has 5 unspecified atom stereocenters. The Morgan fingerprint density at radius 1 is 1.23 bits per heavy atom. The van der Waals surface area contributed by atoms with Crippen molar-refractivity contribution < 1.29 is 12.9 Å². The maximum Gasteiger partial charge on any atom is 0.144 e. The van der Waals surface area contributed by atoms with Gasteiger partial charge >= 0.3 is 0 Å². The van der Waals surface area contributed by atoms with Gasteiger partial charge in [-0.05, 0) is 79.8 Å². The number of nitriles is 1. The maximum absolute atomic E-state index is 14.0. The number of rotatable bonds is 2. The molecule has 0 aliphatic heterocycles. The zero-order chi connectivity index (χ0) is 18.4. The Balaban J connectivity index is 1.97. The fourth-order valence-corrected chi connectivity index (χ4v) is 3.73. The van der Waals surface area contributed by atoms with Crippen molar-refractivity contribution in [3.05, 3.63) is 47.5 Å². The van der Waals surface area contributed by atoms with Crippen LogP contribution in [0.3, 0.4) is 0 Å². The average molecular weight is 304 g/mol. The van der Waals surface area contributed by atoms with Gasteiger partial charge in [-0.2, -0.15) is 5.26 Å². The molecule has 0 saturated heterocycles. The monoisotopic (exact) mass is 304 g/mol. The van der Waals surface area contributed by atoms with Gasteiger partial charge in [0, 0.05) is 4.11 Å². The molecule has 22 heavy (non-hydrogen) atoms. The van der Waals surface area contributed by atoms with Crippen LogP contribution in [0.1, 0.15) is 59.6 Å². The highest BCUT2D eigenvalue weighted by Crippen LogP contribution is 2.47. The molecule has 1 nitrogen and oxygen atoms in total. The van der Waals surface area contributed by atoms with Gasteiger partial charge in [0.1, 0.15) is 23.3 Å². The lowest BCUT2D eigenvalue weighted by atomic mass is 9.64. The summed E-state index contributed by atoms with van der Waals surface area (Å²) in [5.41, 5.74) is -0.519. The summed E-state index contributed by atoms with van der Waals surface area (Å²) in [4.78, 5) is 0. The van der Waals surface area contributed by atoms with Crippen molar-refractivity contribution >= 4 is 0 Å². The fourth-order valence-electron chi connectivity index (χ4n) is 3.73. The van der Waals surface area contributed by atoms with E-state index in [1.807, 2.05) is 6.08 Å². The zero-order valence-corrected chi connectivity index (χ0v) is 12.4. The van der Waals surface area contributed by atoms with E-state index in [4.69, 9.17) is 9.37 Å². The van der Waals surface area contributed by atoms with Crippen molar-refractivity contribution in [3.63, 3.8) is 0 Å². The molecular weight excluding hydrogens is 280 g/mol. The third kappa shape index (κ3) is 2.79. The Hall–Kier alpha value is -1.69. The van der Waals surface area contributed by atoms with Gasteiger partial charge in [-0.15, -0.1) is 6.58 Å². The smallest absolute Gasteiger partial charge is 0.144 e. The SMILES string of the molecule is [2H]C1C2CCC(C=C)CC2CC([2H])([2H])C1c1cc(F)c(C#N)c(F)c1. The molecule has 1 aromatic carbocycles. The van der Waals surface area contributed by atoms with Gasteiger partial charge < -0.3 is 0 Å². The van der Waals surface area contributed by atoms with Crippen LogP contribution in [0.2, 0.25) is 0 Å². The first-order valence-corrected chi connectivity index (χ1v) is 7.72. The molecule has 2 aliphatic rings. The highest BCUT2D eigenvalue weighted by atomic mass is 19.1. The minimum atomic E-state index is -1.72. The van der Waals surface area contributed by atoms with Crippen LogP contribution in [0.15, 0.2) is 24.8 Å². The second kappa shape index (κ2) is 6.20. The van der Waals surface area contributed by atoms with E-state index >= 15 is 0 Å². The summed E-state index contributed by atoms with van der Waals surface area (Å²) in [6, 6.07) is 3.54. The third-order valence-corrected chi connectivity index (χ3v) is 4.99. The second-order valence-corrected chi connectivity index (χ2v) is 6.28. The zero-order valence-electron chi connectivity index (χ0n) is 15.4. The van der Waals surface area contributed by atoms with Crippen molar-refractivity contribution in [2.24, 2.45) is 17.8 Å². The molecule has 0 radical (unpaired) electrons. The van der Waals surface area contributed by atoms with Gasteiger partial charge in [0.05, 0.1) is 0 Å². The van der Waals surface area contributed by atoms with E-state index in [2.05, 4.69) is 6.58 Å². The van der Waals surface area contributed by atoms with Crippen LogP contribution in [-0.4, -0.2) is 0 Å². The van der Waals surface area contributed by atoms with Gasteiger partial charge in [0.2, 0.25) is 0 Å². The fraction of sp³-hybridized carbons (Fsp3) is 0.526. The normalized spacial score (nSPS) is 38.8. The molecule has 0 aromatic heterocycles. The number of benzene rings is 1. The summed E-state index contributed by atoms with van der Waals surface area (Å²) in [6.07, 6.45) is 2.27. The summed E-state index contributed by atoms with van der Waals surface area (Å²) in [5.74, 6) is -2.40. The molecule has 0 amide bonds. The van der Waals surface area contributed by atoms with Gasteiger partial charge in [-0.1, -0.05) is 6.08 Å². The van der Waals surface area contributed by atoms with E-state index in [9.17, 15) is 8.78 Å². The van der Waals surface area contributed by atoms with Gasteiger partial charge in [-0.25, -0.2) is 8.78 Å². The van der Waals surface area contributed by atoms with Crippen LogP contribution in [0, 0.1) is 40.7 Å². The third-order valence-electron chi connectivity index (χ3n) is 4.99. The van der Waals surface area contributed by atoms with Crippen molar-refractivity contribution in [2.45, 2.75) is 44.4 Å². The standard InChI is InChI=1S/C19H21F2N/c1-2-12-3-4-14-8-15(6-5-13(14)7-12)16-9-18(20)17(11-22)19(21)10-16/h2,9-10,12-15H,1,3-8H2/i6D2,8D. The van der Waals surface area contributed by atoms with Crippen molar-refractivity contribution in [1.29, 1.82) is 5.26 Å². The molecule has 1 aromatic rings. The Morgan fingerprint density at radius 3 is 2.59 bits per heavy atom. The van der Waals surface area contributed by atoms with E-state index in [-0.39, 0.29) is 23.8 Å². The highest BCUT2D eigenvalue weighted by Gasteiger charge is 2.35. The van der Waals surface area contributed by atoms with Crippen molar-refractivity contribution in [1.82, 2.24) is 0 Å². The molecule has 2 fully saturated rings. The van der Waals surface area contributed by atoms with E-state index in [1.165, 1.54) is 6.07 Å². The molecule has 0 heterocycles. The van der Waals surface area contributed by atoms with Crippen molar-refractivity contribution in [2.75, 3.05) is 0 Å². The topological polar surface area (TPSA) is 23.8 Å². The molecule has 2 aliphatic carbocycles. The van der Waals surface area contributed by atoms with Crippen LogP contribution >= 0.6 is 0 Å². The van der Waals surface area contributed by atoms with Crippen molar-refractivity contribution in [3.8, 4) is 6.07 Å². The average Bonchev–Trinajstić information content (AvgIpc) is 2.53. The van der Waals surface area contributed by atoms with Crippen LogP contribution in [0.4, 0.5) is 8.78 Å². The number of fused-ring (bicyclic) bond motifs is 1. The molecular formula is C19H21F2N. The summed E-state index contributed by atoms with van der Waals surface area (Å²) >= 11 is 0. The Kier molecular flexibility index (Phi) is 3.33. The summed E-state index contributed by atoms with van der Waals surface area (Å²) in [5, 5.41) is 8.81. The lowest BCUT2D eigenvalue weighted by Gasteiger charge is -2.41. The molecule has 116 valence electrons. The molecule has 0 N–H and O–H groups in total. The summed E-state index contributed by atoms with van der Waals surface area (Å²) in [7, 11) is 0. The van der Waals surface area contributed by atoms with E-state index in [1.54, 1.807) is 0 Å². The van der Waals surface area contributed by atoms with E-state index in [0.29, 0.717) is 5.92 Å². The first-order valence-electron chi connectivity index (χ1n) is 9.30. The largest absolute Gasteiger partial charge is 0.205 e. The number of hydrogen-bond acceptors (Lipinski definition) is 1. The molecule has 5 atom stereocenters. The van der Waals surface area contributed by atoms with Crippen LogP contribution in [0.5, 0.6) is 0 Å². The number of nitrogens with zero attached hydrogens (tertiary/aromatic N) is 1. The molecule has 3 heteroatoms. The summed E-state index contributed by atoms with van der Waals surface area (Å²) in [6.45, 7) is 3.83. The highest BCUT2D eigenvalue weighted by molar-refractivity contribution is 5.36. The number of hydrogen-bond donors (Lipinski definition) is 0. The Labute approximate surface area is 134 Å². The number of halogens is 2. The second-order valence-electron chi connectivity index (χ2n) is 6.28. The molecule has 0 bridgehead atoms. The lowest BCUT2D eigenvalue weighted by molar-refractivity contribution is 0.133. The first-order chi connectivity index (χ1) is 11.8. The Morgan fingerprint density at radius 2 is 1.95 bits per heavy atom. The molecule has 2 saturated carbocycles. The predicted octanol–water partition coefficient (Wildman–Crippen LogP) is 5.32. The number of allylic oxidation sites excluding steroid dienone is 1. The van der Waals surface area contributed by atoms with Crippen LogP contribution < -0.4 is 0 Å². The Bertz CT molecular complexity index is 705. The lowest BCUT2D eigenvalue weighted by Crippen LogP contribution is -2.30. The molecule has 0 spiro atoms. The van der Waals surface area contributed by atoms with Gasteiger partial charge in [0.15, 0.2) is 0 Å². The van der Waals surface area contributed by atoms with Gasteiger partial charge in [-0.3, -0.25) is 0 Å². The van der Waals surface area contributed by atoms with E-state index in [0.717, 1.165) is 31.4 Å². The quantitative estimate of drug-likeness (QED) is 0.678. The minimum Gasteiger partial charge on any atom is -0.205 e. The predicted molar refractivity (Wildman–Crippen MR) is 82.2 cm³/mol.